The van der Waals surface area contributed by atoms with E-state index in [2.05, 4.69) is 17.0 Å². The lowest BCUT2D eigenvalue weighted by atomic mass is 9.95. The fourth-order valence-corrected chi connectivity index (χ4v) is 2.33. The van der Waals surface area contributed by atoms with Crippen molar-refractivity contribution in [3.8, 4) is 0 Å². The topological polar surface area (TPSA) is 41.9 Å². The molecule has 3 atom stereocenters. The van der Waals surface area contributed by atoms with E-state index in [9.17, 15) is 4.79 Å². The van der Waals surface area contributed by atoms with Crippen molar-refractivity contribution in [3.63, 3.8) is 0 Å². The van der Waals surface area contributed by atoms with Gasteiger partial charge in [-0.05, 0) is 6.54 Å². The summed E-state index contributed by atoms with van der Waals surface area (Å²) in [6.45, 7) is 5.72. The van der Waals surface area contributed by atoms with Gasteiger partial charge in [0.15, 0.2) is 5.78 Å². The van der Waals surface area contributed by atoms with Gasteiger partial charge in [0, 0.05) is 13.0 Å². The second kappa shape index (κ2) is 3.69. The van der Waals surface area contributed by atoms with Crippen LogP contribution in [0, 0.1) is 5.92 Å². The Morgan fingerprint density at radius 3 is 3.07 bits per heavy atom. The number of hydrogen-bond acceptors (Lipinski definition) is 4. The summed E-state index contributed by atoms with van der Waals surface area (Å²) in [4.78, 5) is 19.2. The summed E-state index contributed by atoms with van der Waals surface area (Å²) in [7, 11) is 0. The Labute approximate surface area is 83.9 Å². The maximum absolute atomic E-state index is 11.8. The van der Waals surface area contributed by atoms with Crippen LogP contribution in [-0.2, 0) is 9.63 Å². The molecule has 0 aliphatic carbocycles. The Kier molecular flexibility index (Phi) is 2.54. The molecule has 2 rings (SSSR count). The van der Waals surface area contributed by atoms with Gasteiger partial charge in [-0.1, -0.05) is 19.0 Å². The first kappa shape index (κ1) is 9.65. The molecular weight excluding hydrogens is 180 g/mol. The normalized spacial score (nSPS) is 35.7. The van der Waals surface area contributed by atoms with Crippen LogP contribution in [0.1, 0.15) is 20.3 Å². The van der Waals surface area contributed by atoms with Gasteiger partial charge >= 0.3 is 0 Å². The smallest absolute Gasteiger partial charge is 0.150 e. The molecule has 0 bridgehead atoms. The zero-order valence-corrected chi connectivity index (χ0v) is 8.64. The maximum Gasteiger partial charge on any atom is 0.150 e. The Hall–Kier alpha value is -0.900. The standard InChI is InChI=1S/C10H16N2O2/c1-3-8(13)10-7-5-11-14-9(7)6-12(10)4-2/h5,7,9-10H,3-4,6H2,1-2H3. The van der Waals surface area contributed by atoms with Crippen LogP contribution in [0.5, 0.6) is 0 Å². The van der Waals surface area contributed by atoms with Gasteiger partial charge in [0.2, 0.25) is 0 Å². The van der Waals surface area contributed by atoms with Crippen LogP contribution in [-0.4, -0.2) is 42.1 Å². The third-order valence-electron chi connectivity index (χ3n) is 3.12. The summed E-state index contributed by atoms with van der Waals surface area (Å²) >= 11 is 0. The van der Waals surface area contributed by atoms with Gasteiger partial charge < -0.3 is 4.84 Å². The van der Waals surface area contributed by atoms with Crippen LogP contribution in [0.2, 0.25) is 0 Å². The lowest BCUT2D eigenvalue weighted by Crippen LogP contribution is -2.39. The van der Waals surface area contributed by atoms with Gasteiger partial charge in [-0.2, -0.15) is 0 Å². The zero-order valence-electron chi connectivity index (χ0n) is 8.64. The Balaban J connectivity index is 2.17. The van der Waals surface area contributed by atoms with E-state index in [1.807, 2.05) is 6.92 Å². The summed E-state index contributed by atoms with van der Waals surface area (Å²) < 4.78 is 0. The number of fused-ring (bicyclic) bond motifs is 1. The molecule has 1 saturated heterocycles. The second-order valence-electron chi connectivity index (χ2n) is 3.83. The Bertz CT molecular complexity index is 265. The van der Waals surface area contributed by atoms with Crippen molar-refractivity contribution in [2.45, 2.75) is 32.4 Å². The quantitative estimate of drug-likeness (QED) is 0.666. The molecular formula is C10H16N2O2. The summed E-state index contributed by atoms with van der Waals surface area (Å²) in [5.41, 5.74) is 0. The molecule has 0 aromatic heterocycles. The number of carbonyl (C=O) groups excluding carboxylic acids is 1. The summed E-state index contributed by atoms with van der Waals surface area (Å²) in [6, 6.07) is 0.00116. The lowest BCUT2D eigenvalue weighted by Gasteiger charge is -2.22. The maximum atomic E-state index is 11.8. The third-order valence-corrected chi connectivity index (χ3v) is 3.12. The fraction of sp³-hybridized carbons (Fsp3) is 0.800. The van der Waals surface area contributed by atoms with E-state index in [0.717, 1.165) is 13.1 Å². The zero-order chi connectivity index (χ0) is 10.1. The SMILES string of the molecule is CCC(=O)C1C2C=NOC2CN1CC. The lowest BCUT2D eigenvalue weighted by molar-refractivity contribution is -0.123. The number of Topliss-reactive ketones (excluding diaryl/α,β-unsaturated/α-hetero) is 1. The van der Waals surface area contributed by atoms with E-state index in [1.165, 1.54) is 0 Å². The van der Waals surface area contributed by atoms with E-state index in [0.29, 0.717) is 12.2 Å². The van der Waals surface area contributed by atoms with Crippen LogP contribution in [0.4, 0.5) is 0 Å². The van der Waals surface area contributed by atoms with Crippen LogP contribution >= 0.6 is 0 Å². The molecule has 2 aliphatic heterocycles. The number of likely N-dealkylation sites (N-methyl/N-ethyl adjacent to an activating group) is 1. The highest BCUT2D eigenvalue weighted by molar-refractivity contribution is 5.88. The highest BCUT2D eigenvalue weighted by atomic mass is 16.6. The molecule has 2 heterocycles. The molecule has 4 nitrogen and oxygen atoms in total. The first-order chi connectivity index (χ1) is 6.77. The Morgan fingerprint density at radius 1 is 1.64 bits per heavy atom. The van der Waals surface area contributed by atoms with Crippen molar-refractivity contribution >= 4 is 12.0 Å². The van der Waals surface area contributed by atoms with Crippen molar-refractivity contribution in [2.24, 2.45) is 11.1 Å². The van der Waals surface area contributed by atoms with E-state index < -0.39 is 0 Å². The minimum absolute atomic E-state index is 0.00116. The predicted molar refractivity (Wildman–Crippen MR) is 53.2 cm³/mol. The number of hydrogen-bond donors (Lipinski definition) is 0. The molecule has 14 heavy (non-hydrogen) atoms. The molecule has 0 spiro atoms. The largest absolute Gasteiger partial charge is 0.391 e. The number of oxime groups is 1. The fourth-order valence-electron chi connectivity index (χ4n) is 2.33. The first-order valence-electron chi connectivity index (χ1n) is 5.24. The second-order valence-corrected chi connectivity index (χ2v) is 3.83. The van der Waals surface area contributed by atoms with Gasteiger partial charge in [-0.25, -0.2) is 0 Å². The molecule has 2 aliphatic rings. The summed E-state index contributed by atoms with van der Waals surface area (Å²) in [5.74, 6) is 0.485. The van der Waals surface area contributed by atoms with E-state index >= 15 is 0 Å². The average molecular weight is 196 g/mol. The molecule has 0 saturated carbocycles. The van der Waals surface area contributed by atoms with Crippen molar-refractivity contribution in [1.29, 1.82) is 0 Å². The molecule has 1 fully saturated rings. The summed E-state index contributed by atoms with van der Waals surface area (Å²) in [6.07, 6.45) is 2.49. The highest BCUT2D eigenvalue weighted by Gasteiger charge is 2.47. The van der Waals surface area contributed by atoms with E-state index in [4.69, 9.17) is 4.84 Å². The molecule has 3 unspecified atom stereocenters. The van der Waals surface area contributed by atoms with Gasteiger partial charge in [0.05, 0.1) is 18.2 Å². The molecule has 0 N–H and O–H groups in total. The van der Waals surface area contributed by atoms with Crippen molar-refractivity contribution in [1.82, 2.24) is 4.90 Å². The van der Waals surface area contributed by atoms with Crippen LogP contribution in [0.25, 0.3) is 0 Å². The molecule has 78 valence electrons. The third kappa shape index (κ3) is 1.34. The van der Waals surface area contributed by atoms with Crippen molar-refractivity contribution in [2.75, 3.05) is 13.1 Å². The molecule has 0 radical (unpaired) electrons. The molecule has 4 heteroatoms. The number of nitrogens with zero attached hydrogens (tertiary/aromatic N) is 2. The Morgan fingerprint density at radius 2 is 2.43 bits per heavy atom. The van der Waals surface area contributed by atoms with Crippen LogP contribution < -0.4 is 0 Å². The molecule has 0 aromatic rings. The molecule has 0 aromatic carbocycles. The van der Waals surface area contributed by atoms with Crippen LogP contribution in [0.15, 0.2) is 5.16 Å². The highest BCUT2D eigenvalue weighted by Crippen LogP contribution is 2.30. The molecule has 0 amide bonds. The number of likely N-dealkylation sites (tertiary alicyclic amines) is 1. The van der Waals surface area contributed by atoms with E-state index in [1.54, 1.807) is 6.21 Å². The van der Waals surface area contributed by atoms with Gasteiger partial charge in [-0.3, -0.25) is 9.69 Å². The van der Waals surface area contributed by atoms with Gasteiger partial charge in [-0.15, -0.1) is 0 Å². The van der Waals surface area contributed by atoms with E-state index in [-0.39, 0.29) is 18.1 Å². The first-order valence-corrected chi connectivity index (χ1v) is 5.24. The number of rotatable bonds is 3. The summed E-state index contributed by atoms with van der Waals surface area (Å²) in [5, 5.41) is 3.80. The predicted octanol–water partition coefficient (Wildman–Crippen LogP) is 0.670. The van der Waals surface area contributed by atoms with Crippen molar-refractivity contribution < 1.29 is 9.63 Å². The monoisotopic (exact) mass is 196 g/mol. The number of ketones is 1. The number of carbonyl (C=O) groups is 1. The van der Waals surface area contributed by atoms with Gasteiger partial charge in [0.1, 0.15) is 6.10 Å². The average Bonchev–Trinajstić information content (AvgIpc) is 2.74. The van der Waals surface area contributed by atoms with Crippen molar-refractivity contribution in [3.05, 3.63) is 0 Å². The minimum atomic E-state index is 0.00116. The van der Waals surface area contributed by atoms with Gasteiger partial charge in [0.25, 0.3) is 0 Å². The minimum Gasteiger partial charge on any atom is -0.391 e. The van der Waals surface area contributed by atoms with Crippen LogP contribution in [0.3, 0.4) is 0 Å².